The minimum absolute atomic E-state index is 1.04. The second kappa shape index (κ2) is 3.81. The van der Waals surface area contributed by atoms with Crippen LogP contribution in [0.4, 0.5) is 0 Å². The Morgan fingerprint density at radius 1 is 0.750 bits per heavy atom. The highest BCUT2D eigenvalue weighted by Crippen LogP contribution is 2.42. The molecule has 0 aromatic carbocycles. The second-order valence-corrected chi connectivity index (χ2v) is 4.97. The summed E-state index contributed by atoms with van der Waals surface area (Å²) >= 11 is 0. The molecule has 2 rings (SSSR count). The van der Waals surface area contributed by atoms with Crippen LogP contribution in [0.3, 0.4) is 0 Å². The number of rotatable bonds is 1. The lowest BCUT2D eigenvalue weighted by Crippen LogP contribution is -2.23. The molecule has 12 heavy (non-hydrogen) atoms. The van der Waals surface area contributed by atoms with Gasteiger partial charge in [-0.15, -0.1) is 0 Å². The Kier molecular flexibility index (Phi) is 2.73. The van der Waals surface area contributed by atoms with E-state index in [0.29, 0.717) is 0 Å². The van der Waals surface area contributed by atoms with Crippen molar-refractivity contribution in [2.75, 3.05) is 0 Å². The fourth-order valence-electron chi connectivity index (χ4n) is 3.43. The van der Waals surface area contributed by atoms with Crippen molar-refractivity contribution in [3.8, 4) is 0 Å². The van der Waals surface area contributed by atoms with Gasteiger partial charge in [0, 0.05) is 0 Å². The molecule has 2 aliphatic carbocycles. The Hall–Kier alpha value is 0. The molecule has 0 radical (unpaired) electrons. The topological polar surface area (TPSA) is 0 Å². The first-order chi connectivity index (χ1) is 5.88. The van der Waals surface area contributed by atoms with E-state index in [9.17, 15) is 0 Å². The van der Waals surface area contributed by atoms with Gasteiger partial charge in [-0.2, -0.15) is 0 Å². The van der Waals surface area contributed by atoms with E-state index in [0.717, 1.165) is 17.8 Å². The minimum atomic E-state index is 1.04. The molecule has 0 N–H and O–H groups in total. The molecular formula is C12H22. The molecule has 0 spiro atoms. The second-order valence-electron chi connectivity index (χ2n) is 4.97. The van der Waals surface area contributed by atoms with Gasteiger partial charge in [0.1, 0.15) is 0 Å². The SMILES string of the molecule is CC1CCCCC1C1CCCC1. The summed E-state index contributed by atoms with van der Waals surface area (Å²) in [5.74, 6) is 3.28. The maximum Gasteiger partial charge on any atom is -0.0360 e. The van der Waals surface area contributed by atoms with Gasteiger partial charge < -0.3 is 0 Å². The highest BCUT2D eigenvalue weighted by molar-refractivity contribution is 4.81. The van der Waals surface area contributed by atoms with E-state index in [1.165, 1.54) is 32.1 Å². The van der Waals surface area contributed by atoms with Crippen molar-refractivity contribution in [2.24, 2.45) is 17.8 Å². The summed E-state index contributed by atoms with van der Waals surface area (Å²) in [6.45, 7) is 2.49. The summed E-state index contributed by atoms with van der Waals surface area (Å²) < 4.78 is 0. The maximum atomic E-state index is 2.49. The third-order valence-electron chi connectivity index (χ3n) is 4.18. The molecule has 0 amide bonds. The molecule has 70 valence electrons. The Bertz CT molecular complexity index is 133. The van der Waals surface area contributed by atoms with Gasteiger partial charge in [0.25, 0.3) is 0 Å². The van der Waals surface area contributed by atoms with Crippen LogP contribution in [0.15, 0.2) is 0 Å². The Morgan fingerprint density at radius 3 is 2.00 bits per heavy atom. The predicted octanol–water partition coefficient (Wildman–Crippen LogP) is 4.00. The van der Waals surface area contributed by atoms with Crippen molar-refractivity contribution in [1.29, 1.82) is 0 Å². The van der Waals surface area contributed by atoms with Crippen molar-refractivity contribution in [3.05, 3.63) is 0 Å². The van der Waals surface area contributed by atoms with Crippen molar-refractivity contribution >= 4 is 0 Å². The van der Waals surface area contributed by atoms with E-state index in [-0.39, 0.29) is 0 Å². The van der Waals surface area contributed by atoms with Crippen LogP contribution in [-0.2, 0) is 0 Å². The lowest BCUT2D eigenvalue weighted by atomic mass is 9.73. The fraction of sp³-hybridized carbons (Fsp3) is 1.00. The van der Waals surface area contributed by atoms with E-state index >= 15 is 0 Å². The lowest BCUT2D eigenvalue weighted by Gasteiger charge is -2.33. The molecule has 0 aliphatic heterocycles. The Labute approximate surface area is 76.7 Å². The maximum absolute atomic E-state index is 2.49. The monoisotopic (exact) mass is 166 g/mol. The van der Waals surface area contributed by atoms with Gasteiger partial charge in [-0.05, 0) is 24.2 Å². The summed E-state index contributed by atoms with van der Waals surface area (Å²) in [5.41, 5.74) is 0. The zero-order valence-electron chi connectivity index (χ0n) is 8.39. The van der Waals surface area contributed by atoms with Crippen LogP contribution in [0.1, 0.15) is 58.3 Å². The molecule has 0 nitrogen and oxygen atoms in total. The highest BCUT2D eigenvalue weighted by atomic mass is 14.4. The molecule has 2 aliphatic rings. The third-order valence-corrected chi connectivity index (χ3v) is 4.18. The zero-order valence-corrected chi connectivity index (χ0v) is 8.39. The lowest BCUT2D eigenvalue weighted by molar-refractivity contribution is 0.176. The van der Waals surface area contributed by atoms with Gasteiger partial charge in [-0.1, -0.05) is 51.9 Å². The largest absolute Gasteiger partial charge is 0.0622 e. The van der Waals surface area contributed by atoms with E-state index in [2.05, 4.69) is 6.92 Å². The quantitative estimate of drug-likeness (QED) is 0.552. The first-order valence-electron chi connectivity index (χ1n) is 5.88. The van der Waals surface area contributed by atoms with E-state index in [1.54, 1.807) is 19.3 Å². The molecule has 2 saturated carbocycles. The molecule has 2 atom stereocenters. The van der Waals surface area contributed by atoms with E-state index in [4.69, 9.17) is 0 Å². The molecule has 0 saturated heterocycles. The third kappa shape index (κ3) is 1.67. The molecule has 0 aromatic rings. The molecule has 0 aromatic heterocycles. The number of hydrogen-bond acceptors (Lipinski definition) is 0. The molecule has 2 unspecified atom stereocenters. The van der Waals surface area contributed by atoms with Crippen LogP contribution in [0.5, 0.6) is 0 Å². The summed E-state index contributed by atoms with van der Waals surface area (Å²) in [4.78, 5) is 0. The van der Waals surface area contributed by atoms with E-state index < -0.39 is 0 Å². The normalized spacial score (nSPS) is 38.8. The Balaban J connectivity index is 1.91. The van der Waals surface area contributed by atoms with Gasteiger partial charge in [0.15, 0.2) is 0 Å². The highest BCUT2D eigenvalue weighted by Gasteiger charge is 2.30. The van der Waals surface area contributed by atoms with Crippen molar-refractivity contribution in [2.45, 2.75) is 58.3 Å². The standard InChI is InChI=1S/C12H22/c1-10-6-2-5-9-12(10)11-7-3-4-8-11/h10-12H,2-9H2,1H3. The first kappa shape index (κ1) is 8.59. The first-order valence-corrected chi connectivity index (χ1v) is 5.88. The summed E-state index contributed by atoms with van der Waals surface area (Å²) in [6, 6.07) is 0. The van der Waals surface area contributed by atoms with Gasteiger partial charge in [0.05, 0.1) is 0 Å². The predicted molar refractivity (Wildman–Crippen MR) is 53.1 cm³/mol. The van der Waals surface area contributed by atoms with Gasteiger partial charge in [0.2, 0.25) is 0 Å². The molecule has 2 fully saturated rings. The fourth-order valence-corrected chi connectivity index (χ4v) is 3.43. The van der Waals surface area contributed by atoms with Crippen LogP contribution in [0, 0.1) is 17.8 Å². The van der Waals surface area contributed by atoms with Crippen LogP contribution >= 0.6 is 0 Å². The number of hydrogen-bond donors (Lipinski definition) is 0. The van der Waals surface area contributed by atoms with Crippen molar-refractivity contribution in [1.82, 2.24) is 0 Å². The van der Waals surface area contributed by atoms with Crippen LogP contribution in [-0.4, -0.2) is 0 Å². The Morgan fingerprint density at radius 2 is 1.33 bits per heavy atom. The minimum Gasteiger partial charge on any atom is -0.0622 e. The van der Waals surface area contributed by atoms with Gasteiger partial charge in [-0.25, -0.2) is 0 Å². The van der Waals surface area contributed by atoms with Gasteiger partial charge >= 0.3 is 0 Å². The van der Waals surface area contributed by atoms with Gasteiger partial charge in [-0.3, -0.25) is 0 Å². The summed E-state index contributed by atoms with van der Waals surface area (Å²) in [5, 5.41) is 0. The van der Waals surface area contributed by atoms with Crippen LogP contribution in [0.2, 0.25) is 0 Å². The van der Waals surface area contributed by atoms with Crippen LogP contribution < -0.4 is 0 Å². The molecule has 0 heterocycles. The van der Waals surface area contributed by atoms with Crippen molar-refractivity contribution in [3.63, 3.8) is 0 Å². The average molecular weight is 166 g/mol. The summed E-state index contributed by atoms with van der Waals surface area (Å²) in [7, 11) is 0. The molecular weight excluding hydrogens is 144 g/mol. The van der Waals surface area contributed by atoms with Crippen molar-refractivity contribution < 1.29 is 0 Å². The average Bonchev–Trinajstić information content (AvgIpc) is 2.57. The molecule has 0 bridgehead atoms. The van der Waals surface area contributed by atoms with Crippen LogP contribution in [0.25, 0.3) is 0 Å². The summed E-state index contributed by atoms with van der Waals surface area (Å²) in [6.07, 6.45) is 12.2. The zero-order chi connectivity index (χ0) is 8.39. The molecule has 0 heteroatoms. The smallest absolute Gasteiger partial charge is 0.0360 e. The van der Waals surface area contributed by atoms with E-state index in [1.807, 2.05) is 0 Å².